The van der Waals surface area contributed by atoms with Crippen molar-refractivity contribution >= 4 is 9.84 Å². The van der Waals surface area contributed by atoms with Crippen molar-refractivity contribution in [3.05, 3.63) is 29.8 Å². The molecule has 1 heterocycles. The molecule has 0 unspecified atom stereocenters. The second-order valence-corrected chi connectivity index (χ2v) is 11.9. The van der Waals surface area contributed by atoms with Crippen LogP contribution in [0.1, 0.15) is 58.4 Å². The van der Waals surface area contributed by atoms with Crippen molar-refractivity contribution in [2.24, 2.45) is 18.9 Å². The van der Waals surface area contributed by atoms with Crippen LogP contribution in [-0.2, 0) is 23.3 Å². The molecule has 1 fully saturated rings. The Kier molecular flexibility index (Phi) is 6.22. The molecule has 1 aliphatic rings. The minimum Gasteiger partial charge on any atom is -0.229 e. The van der Waals surface area contributed by atoms with E-state index in [1.807, 2.05) is 7.05 Å². The summed E-state index contributed by atoms with van der Waals surface area (Å²) in [5, 5.41) is 11.6. The third-order valence-electron chi connectivity index (χ3n) is 6.03. The Morgan fingerprint density at radius 1 is 1.04 bits per heavy atom. The molecule has 1 saturated carbocycles. The fourth-order valence-electron chi connectivity index (χ4n) is 3.91. The molecule has 7 heteroatoms. The van der Waals surface area contributed by atoms with Gasteiger partial charge in [-0.25, -0.2) is 13.1 Å². The standard InChI is InChI=1S/C21H32N4O2S/c1-21(2,3)28(26,27)15-18-9-7-16(8-10-18)5-6-17-11-13-19(14-12-17)20-22-23-24-25(20)4/h11-14,16,18H,5-10,15H2,1-4H3. The van der Waals surface area contributed by atoms with Crippen molar-refractivity contribution in [3.8, 4) is 11.4 Å². The van der Waals surface area contributed by atoms with Crippen molar-refractivity contribution < 1.29 is 8.42 Å². The maximum absolute atomic E-state index is 12.4. The molecule has 0 atom stereocenters. The van der Waals surface area contributed by atoms with Crippen LogP contribution in [0.15, 0.2) is 24.3 Å². The molecule has 1 aromatic carbocycles. The van der Waals surface area contributed by atoms with E-state index in [4.69, 9.17) is 0 Å². The second-order valence-electron chi connectivity index (χ2n) is 9.14. The minimum absolute atomic E-state index is 0.333. The molecule has 6 nitrogen and oxygen atoms in total. The van der Waals surface area contributed by atoms with Gasteiger partial charge in [0.15, 0.2) is 15.7 Å². The van der Waals surface area contributed by atoms with Gasteiger partial charge in [-0.05, 0) is 74.3 Å². The third kappa shape index (κ3) is 4.99. The summed E-state index contributed by atoms with van der Waals surface area (Å²) in [5.74, 6) is 2.16. The first-order valence-corrected chi connectivity index (χ1v) is 11.8. The fourth-order valence-corrected chi connectivity index (χ4v) is 5.37. The Morgan fingerprint density at radius 3 is 2.18 bits per heavy atom. The molecule has 154 valence electrons. The van der Waals surface area contributed by atoms with Crippen LogP contribution in [-0.4, -0.2) is 39.1 Å². The van der Waals surface area contributed by atoms with Gasteiger partial charge in [0, 0.05) is 12.6 Å². The zero-order chi connectivity index (χ0) is 20.4. The molecule has 3 rings (SSSR count). The molecule has 0 amide bonds. The topological polar surface area (TPSA) is 77.7 Å². The molecule has 0 saturated heterocycles. The summed E-state index contributed by atoms with van der Waals surface area (Å²) in [6, 6.07) is 8.47. The number of benzene rings is 1. The van der Waals surface area contributed by atoms with Crippen LogP contribution >= 0.6 is 0 Å². The summed E-state index contributed by atoms with van der Waals surface area (Å²) < 4.78 is 25.9. The fraction of sp³-hybridized carbons (Fsp3) is 0.667. The summed E-state index contributed by atoms with van der Waals surface area (Å²) in [4.78, 5) is 0. The quantitative estimate of drug-likeness (QED) is 0.731. The highest BCUT2D eigenvalue weighted by molar-refractivity contribution is 7.92. The summed E-state index contributed by atoms with van der Waals surface area (Å²) >= 11 is 0. The van der Waals surface area contributed by atoms with Gasteiger partial charge in [-0.15, -0.1) is 5.10 Å². The second kappa shape index (κ2) is 8.31. The summed E-state index contributed by atoms with van der Waals surface area (Å²) in [5.41, 5.74) is 2.35. The minimum atomic E-state index is -3.01. The van der Waals surface area contributed by atoms with E-state index in [0.717, 1.165) is 43.5 Å². The SMILES string of the molecule is Cn1nnnc1-c1ccc(CCC2CCC(CS(=O)(=O)C(C)(C)C)CC2)cc1. The van der Waals surface area contributed by atoms with Crippen LogP contribution in [0.3, 0.4) is 0 Å². The smallest absolute Gasteiger partial charge is 0.181 e. The molecule has 0 spiro atoms. The monoisotopic (exact) mass is 404 g/mol. The lowest BCUT2D eigenvalue weighted by molar-refractivity contribution is 0.278. The average molecular weight is 405 g/mol. The molecule has 0 N–H and O–H groups in total. The van der Waals surface area contributed by atoms with Crippen molar-refractivity contribution in [2.75, 3.05) is 5.75 Å². The highest BCUT2D eigenvalue weighted by Gasteiger charge is 2.33. The average Bonchev–Trinajstić information content (AvgIpc) is 3.06. The zero-order valence-electron chi connectivity index (χ0n) is 17.4. The number of sulfone groups is 1. The van der Waals surface area contributed by atoms with Gasteiger partial charge in [-0.1, -0.05) is 37.1 Å². The van der Waals surface area contributed by atoms with Gasteiger partial charge in [0.1, 0.15) is 0 Å². The number of hydrogen-bond donors (Lipinski definition) is 0. The molecule has 1 aliphatic carbocycles. The van der Waals surface area contributed by atoms with Gasteiger partial charge in [-0.3, -0.25) is 0 Å². The molecule has 0 radical (unpaired) electrons. The lowest BCUT2D eigenvalue weighted by Gasteiger charge is -2.30. The number of aromatic nitrogens is 4. The summed E-state index contributed by atoms with van der Waals surface area (Å²) in [6.45, 7) is 5.42. The summed E-state index contributed by atoms with van der Waals surface area (Å²) in [7, 11) is -1.17. The number of hydrogen-bond acceptors (Lipinski definition) is 5. The zero-order valence-corrected chi connectivity index (χ0v) is 18.2. The number of nitrogens with zero attached hydrogens (tertiary/aromatic N) is 4. The van der Waals surface area contributed by atoms with Crippen LogP contribution in [0.4, 0.5) is 0 Å². The van der Waals surface area contributed by atoms with Crippen LogP contribution in [0.5, 0.6) is 0 Å². The van der Waals surface area contributed by atoms with Gasteiger partial charge in [-0.2, -0.15) is 0 Å². The molecule has 1 aromatic heterocycles. The number of aryl methyl sites for hydroxylation is 2. The maximum Gasteiger partial charge on any atom is 0.181 e. The largest absolute Gasteiger partial charge is 0.229 e. The third-order valence-corrected chi connectivity index (χ3v) is 8.80. The van der Waals surface area contributed by atoms with Crippen molar-refractivity contribution in [3.63, 3.8) is 0 Å². The Bertz CT molecular complexity index is 874. The van der Waals surface area contributed by atoms with Gasteiger partial charge < -0.3 is 0 Å². The normalized spacial score (nSPS) is 21.0. The van der Waals surface area contributed by atoms with E-state index in [9.17, 15) is 8.42 Å². The van der Waals surface area contributed by atoms with Gasteiger partial charge in [0.2, 0.25) is 0 Å². The molecular formula is C21H32N4O2S. The van der Waals surface area contributed by atoms with Gasteiger partial charge in [0.05, 0.1) is 10.5 Å². The van der Waals surface area contributed by atoms with E-state index in [1.54, 1.807) is 25.5 Å². The first kappa shape index (κ1) is 21.0. The van der Waals surface area contributed by atoms with Crippen molar-refractivity contribution in [1.82, 2.24) is 20.2 Å². The summed E-state index contributed by atoms with van der Waals surface area (Å²) in [6.07, 6.45) is 6.60. The molecule has 2 aromatic rings. The van der Waals surface area contributed by atoms with Crippen LogP contribution in [0.25, 0.3) is 11.4 Å². The van der Waals surface area contributed by atoms with E-state index in [1.165, 1.54) is 12.0 Å². The Hall–Kier alpha value is -1.76. The molecule has 28 heavy (non-hydrogen) atoms. The van der Waals surface area contributed by atoms with E-state index in [2.05, 4.69) is 39.8 Å². The van der Waals surface area contributed by atoms with Gasteiger partial charge in [0.25, 0.3) is 0 Å². The van der Waals surface area contributed by atoms with E-state index >= 15 is 0 Å². The van der Waals surface area contributed by atoms with E-state index < -0.39 is 14.6 Å². The first-order chi connectivity index (χ1) is 13.2. The van der Waals surface area contributed by atoms with Gasteiger partial charge >= 0.3 is 0 Å². The number of rotatable bonds is 6. The maximum atomic E-state index is 12.4. The first-order valence-electron chi connectivity index (χ1n) is 10.2. The van der Waals surface area contributed by atoms with Crippen LogP contribution in [0, 0.1) is 11.8 Å². The highest BCUT2D eigenvalue weighted by Crippen LogP contribution is 2.34. The lowest BCUT2D eigenvalue weighted by atomic mass is 9.80. The Labute approximate surface area is 168 Å². The molecular weight excluding hydrogens is 372 g/mol. The number of tetrazole rings is 1. The lowest BCUT2D eigenvalue weighted by Crippen LogP contribution is -2.34. The Morgan fingerprint density at radius 2 is 1.64 bits per heavy atom. The van der Waals surface area contributed by atoms with Crippen molar-refractivity contribution in [1.29, 1.82) is 0 Å². The Balaban J connectivity index is 1.46. The van der Waals surface area contributed by atoms with Crippen LogP contribution in [0.2, 0.25) is 0 Å². The predicted molar refractivity (Wildman–Crippen MR) is 112 cm³/mol. The predicted octanol–water partition coefficient (Wildman–Crippen LogP) is 3.83. The van der Waals surface area contributed by atoms with E-state index in [0.29, 0.717) is 17.6 Å². The van der Waals surface area contributed by atoms with E-state index in [-0.39, 0.29) is 0 Å². The molecule has 0 aliphatic heterocycles. The molecule has 0 bridgehead atoms. The highest BCUT2D eigenvalue weighted by atomic mass is 32.2. The van der Waals surface area contributed by atoms with Crippen molar-refractivity contribution in [2.45, 2.75) is 64.0 Å². The van der Waals surface area contributed by atoms with Crippen LogP contribution < -0.4 is 0 Å².